The Morgan fingerprint density at radius 2 is 2.12 bits per heavy atom. The van der Waals surface area contributed by atoms with Crippen molar-refractivity contribution in [3.05, 3.63) is 53.7 Å². The summed E-state index contributed by atoms with van der Waals surface area (Å²) >= 11 is 0. The molecule has 2 aromatic rings. The first-order valence-corrected chi connectivity index (χ1v) is 5.57. The summed E-state index contributed by atoms with van der Waals surface area (Å²) in [5.41, 5.74) is 1.88. The molecular formula is C13H14FN3. The van der Waals surface area contributed by atoms with E-state index in [1.165, 1.54) is 18.5 Å². The van der Waals surface area contributed by atoms with Crippen LogP contribution < -0.4 is 5.32 Å². The predicted octanol–water partition coefficient (Wildman–Crippen LogP) is 2.79. The summed E-state index contributed by atoms with van der Waals surface area (Å²) in [7, 11) is 0. The molecule has 0 aliphatic rings. The number of rotatable bonds is 4. The number of nitrogens with one attached hydrogen (secondary N) is 1. The zero-order valence-corrected chi connectivity index (χ0v) is 9.65. The van der Waals surface area contributed by atoms with Gasteiger partial charge in [0.25, 0.3) is 0 Å². The van der Waals surface area contributed by atoms with Crippen molar-refractivity contribution in [3.8, 4) is 0 Å². The van der Waals surface area contributed by atoms with Crippen LogP contribution in [0.5, 0.6) is 0 Å². The molecule has 0 aliphatic heterocycles. The highest BCUT2D eigenvalue weighted by Gasteiger charge is 1.98. The molecule has 0 unspecified atom stereocenters. The maximum absolute atomic E-state index is 13.0. The number of hydrogen-bond donors (Lipinski definition) is 1. The van der Waals surface area contributed by atoms with Gasteiger partial charge < -0.3 is 5.32 Å². The third-order valence-electron chi connectivity index (χ3n) is 2.45. The fourth-order valence-electron chi connectivity index (χ4n) is 1.53. The summed E-state index contributed by atoms with van der Waals surface area (Å²) in [6, 6.07) is 8.42. The van der Waals surface area contributed by atoms with Gasteiger partial charge in [0.2, 0.25) is 0 Å². The fraction of sp³-hybridized carbons (Fsp3) is 0.231. The lowest BCUT2D eigenvalue weighted by Crippen LogP contribution is -2.02. The molecule has 0 saturated carbocycles. The summed E-state index contributed by atoms with van der Waals surface area (Å²) in [4.78, 5) is 8.22. The van der Waals surface area contributed by atoms with Gasteiger partial charge in [0, 0.05) is 18.3 Å². The van der Waals surface area contributed by atoms with E-state index in [2.05, 4.69) is 15.3 Å². The lowest BCUT2D eigenvalue weighted by molar-refractivity contribution is 0.626. The van der Waals surface area contributed by atoms with Gasteiger partial charge in [-0.2, -0.15) is 0 Å². The van der Waals surface area contributed by atoms with Crippen LogP contribution in [0.1, 0.15) is 18.2 Å². The van der Waals surface area contributed by atoms with Crippen LogP contribution in [-0.2, 0) is 13.0 Å². The monoisotopic (exact) mass is 231 g/mol. The van der Waals surface area contributed by atoms with Gasteiger partial charge >= 0.3 is 0 Å². The lowest BCUT2D eigenvalue weighted by atomic mass is 10.2. The quantitative estimate of drug-likeness (QED) is 0.879. The minimum Gasteiger partial charge on any atom is -0.366 e. The Hall–Kier alpha value is -1.97. The Morgan fingerprint density at radius 1 is 1.24 bits per heavy atom. The van der Waals surface area contributed by atoms with Gasteiger partial charge in [-0.15, -0.1) is 0 Å². The van der Waals surface area contributed by atoms with E-state index < -0.39 is 0 Å². The van der Waals surface area contributed by atoms with Gasteiger partial charge in [-0.3, -0.25) is 0 Å². The van der Waals surface area contributed by atoms with Crippen LogP contribution in [0.25, 0.3) is 0 Å². The molecule has 1 aromatic heterocycles. The first-order valence-electron chi connectivity index (χ1n) is 5.57. The minimum atomic E-state index is -0.221. The van der Waals surface area contributed by atoms with E-state index in [1.54, 1.807) is 6.07 Å². The second kappa shape index (κ2) is 5.39. The van der Waals surface area contributed by atoms with Crippen LogP contribution in [0.2, 0.25) is 0 Å². The Morgan fingerprint density at radius 3 is 2.88 bits per heavy atom. The molecule has 0 bridgehead atoms. The summed E-state index contributed by atoms with van der Waals surface area (Å²) < 4.78 is 13.0. The van der Waals surface area contributed by atoms with Crippen molar-refractivity contribution in [1.82, 2.24) is 9.97 Å². The molecule has 4 heteroatoms. The molecule has 2 rings (SSSR count). The molecule has 0 fully saturated rings. The molecule has 1 N–H and O–H groups in total. The first-order chi connectivity index (χ1) is 8.28. The average molecular weight is 231 g/mol. The maximum Gasteiger partial charge on any atom is 0.129 e. The Labute approximate surface area is 99.7 Å². The van der Waals surface area contributed by atoms with Crippen LogP contribution in [0.3, 0.4) is 0 Å². The number of aromatic nitrogens is 2. The van der Waals surface area contributed by atoms with E-state index >= 15 is 0 Å². The summed E-state index contributed by atoms with van der Waals surface area (Å²) in [5, 5.41) is 3.15. The molecule has 0 radical (unpaired) electrons. The third kappa shape index (κ3) is 3.24. The third-order valence-corrected chi connectivity index (χ3v) is 2.45. The average Bonchev–Trinajstić information content (AvgIpc) is 2.37. The molecule has 0 aliphatic carbocycles. The highest BCUT2D eigenvalue weighted by Crippen LogP contribution is 2.08. The highest BCUT2D eigenvalue weighted by atomic mass is 19.1. The van der Waals surface area contributed by atoms with Gasteiger partial charge in [-0.05, 0) is 24.1 Å². The SMILES string of the molecule is CCc1cc(NCc2cccc(F)c2)ncn1. The number of nitrogens with zero attached hydrogens (tertiary/aromatic N) is 2. The second-order valence-electron chi connectivity index (χ2n) is 3.73. The van der Waals surface area contributed by atoms with E-state index in [1.807, 2.05) is 19.1 Å². The van der Waals surface area contributed by atoms with Crippen LogP contribution in [0.15, 0.2) is 36.7 Å². The van der Waals surface area contributed by atoms with Crippen LogP contribution in [0.4, 0.5) is 10.2 Å². The highest BCUT2D eigenvalue weighted by molar-refractivity contribution is 5.36. The van der Waals surface area contributed by atoms with Gasteiger partial charge in [0.15, 0.2) is 0 Å². The molecule has 0 amide bonds. The van der Waals surface area contributed by atoms with Crippen molar-refractivity contribution in [3.63, 3.8) is 0 Å². The minimum absolute atomic E-state index is 0.221. The van der Waals surface area contributed by atoms with Crippen molar-refractivity contribution in [2.75, 3.05) is 5.32 Å². The topological polar surface area (TPSA) is 37.8 Å². The number of anilines is 1. The molecule has 0 saturated heterocycles. The standard InChI is InChI=1S/C13H14FN3/c1-2-12-7-13(17-9-16-12)15-8-10-4-3-5-11(14)6-10/h3-7,9H,2,8H2,1H3,(H,15,16,17). The van der Waals surface area contributed by atoms with Crippen molar-refractivity contribution in [1.29, 1.82) is 0 Å². The molecule has 17 heavy (non-hydrogen) atoms. The molecular weight excluding hydrogens is 217 g/mol. The number of benzene rings is 1. The van der Waals surface area contributed by atoms with Crippen LogP contribution >= 0.6 is 0 Å². The zero-order valence-electron chi connectivity index (χ0n) is 9.65. The fourth-order valence-corrected chi connectivity index (χ4v) is 1.53. The Balaban J connectivity index is 2.02. The number of halogens is 1. The van der Waals surface area contributed by atoms with Gasteiger partial charge in [-0.1, -0.05) is 19.1 Å². The van der Waals surface area contributed by atoms with Gasteiger partial charge in [0.1, 0.15) is 18.0 Å². The Kier molecular flexibility index (Phi) is 3.65. The predicted molar refractivity (Wildman–Crippen MR) is 65.1 cm³/mol. The second-order valence-corrected chi connectivity index (χ2v) is 3.73. The lowest BCUT2D eigenvalue weighted by Gasteiger charge is -2.06. The molecule has 1 aromatic carbocycles. The zero-order chi connectivity index (χ0) is 12.1. The molecule has 0 spiro atoms. The molecule has 88 valence electrons. The van der Waals surface area contributed by atoms with Gasteiger partial charge in [0.05, 0.1) is 0 Å². The van der Waals surface area contributed by atoms with Crippen LogP contribution in [-0.4, -0.2) is 9.97 Å². The maximum atomic E-state index is 13.0. The Bertz CT molecular complexity index is 500. The summed E-state index contributed by atoms with van der Waals surface area (Å²) in [6.07, 6.45) is 2.41. The van der Waals surface area contributed by atoms with Crippen LogP contribution in [0, 0.1) is 5.82 Å². The van der Waals surface area contributed by atoms with E-state index in [0.29, 0.717) is 6.54 Å². The summed E-state index contributed by atoms with van der Waals surface area (Å²) in [5.74, 6) is 0.544. The number of aryl methyl sites for hydroxylation is 1. The molecule has 3 nitrogen and oxygen atoms in total. The molecule has 0 atom stereocenters. The molecule has 1 heterocycles. The van der Waals surface area contributed by atoms with E-state index in [-0.39, 0.29) is 5.82 Å². The summed E-state index contributed by atoms with van der Waals surface area (Å²) in [6.45, 7) is 2.59. The van der Waals surface area contributed by atoms with Crippen molar-refractivity contribution in [2.45, 2.75) is 19.9 Å². The van der Waals surface area contributed by atoms with E-state index in [4.69, 9.17) is 0 Å². The van der Waals surface area contributed by atoms with E-state index in [9.17, 15) is 4.39 Å². The van der Waals surface area contributed by atoms with Crippen molar-refractivity contribution >= 4 is 5.82 Å². The normalized spacial score (nSPS) is 10.2. The van der Waals surface area contributed by atoms with Crippen molar-refractivity contribution in [2.24, 2.45) is 0 Å². The van der Waals surface area contributed by atoms with E-state index in [0.717, 1.165) is 23.5 Å². The first kappa shape index (κ1) is 11.5. The largest absolute Gasteiger partial charge is 0.366 e. The smallest absolute Gasteiger partial charge is 0.129 e. The van der Waals surface area contributed by atoms with Gasteiger partial charge in [-0.25, -0.2) is 14.4 Å². The number of hydrogen-bond acceptors (Lipinski definition) is 3. The van der Waals surface area contributed by atoms with Crippen molar-refractivity contribution < 1.29 is 4.39 Å².